The number of amides is 4. The van der Waals surface area contributed by atoms with Crippen LogP contribution < -0.4 is 21.7 Å². The van der Waals surface area contributed by atoms with Gasteiger partial charge < -0.3 is 21.7 Å². The number of primary amides is 1. The van der Waals surface area contributed by atoms with Gasteiger partial charge in [0.15, 0.2) is 0 Å². The molecule has 0 atom stereocenters. The zero-order valence-electron chi connectivity index (χ0n) is 15.3. The third-order valence-electron chi connectivity index (χ3n) is 3.89. The lowest BCUT2D eigenvalue weighted by Crippen LogP contribution is -2.31. The summed E-state index contributed by atoms with van der Waals surface area (Å²) in [4.78, 5) is 39.2. The standard InChI is InChI=1S/C19H19N7O3/c20-16(27)6-9-22-19(29)25-14-3-1-2-13(10-14)24-18(28)15-11-23-26-17(15)12-4-7-21-8-5-12/h1-5,7-8,10-11H,6,9H2,(H2,20,27)(H,23,26)(H,24,28)(H2,22,25,29). The fourth-order valence-corrected chi connectivity index (χ4v) is 2.54. The lowest BCUT2D eigenvalue weighted by Gasteiger charge is -2.10. The van der Waals surface area contributed by atoms with Gasteiger partial charge >= 0.3 is 6.03 Å². The summed E-state index contributed by atoms with van der Waals surface area (Å²) in [7, 11) is 0. The first-order valence-corrected chi connectivity index (χ1v) is 8.71. The number of rotatable bonds is 7. The molecule has 0 radical (unpaired) electrons. The number of benzene rings is 1. The van der Waals surface area contributed by atoms with Gasteiger partial charge in [0.05, 0.1) is 17.5 Å². The Hall–Kier alpha value is -4.21. The third kappa shape index (κ3) is 5.39. The van der Waals surface area contributed by atoms with Crippen molar-refractivity contribution in [2.45, 2.75) is 6.42 Å². The van der Waals surface area contributed by atoms with Crippen molar-refractivity contribution in [3.8, 4) is 11.3 Å². The van der Waals surface area contributed by atoms with Crippen LogP contribution >= 0.6 is 0 Å². The van der Waals surface area contributed by atoms with Gasteiger partial charge in [0, 0.05) is 42.3 Å². The second-order valence-electron chi connectivity index (χ2n) is 6.03. The third-order valence-corrected chi connectivity index (χ3v) is 3.89. The molecule has 0 unspecified atom stereocenters. The summed E-state index contributed by atoms with van der Waals surface area (Å²) in [5.41, 5.74) is 7.72. The number of anilines is 2. The van der Waals surface area contributed by atoms with Crippen molar-refractivity contribution in [3.05, 3.63) is 60.6 Å². The fourth-order valence-electron chi connectivity index (χ4n) is 2.54. The minimum Gasteiger partial charge on any atom is -0.370 e. The highest BCUT2D eigenvalue weighted by Crippen LogP contribution is 2.22. The van der Waals surface area contributed by atoms with Crippen LogP contribution in [-0.2, 0) is 4.79 Å². The molecule has 4 amide bonds. The van der Waals surface area contributed by atoms with Crippen LogP contribution in [0.25, 0.3) is 11.3 Å². The van der Waals surface area contributed by atoms with Crippen LogP contribution in [0.3, 0.4) is 0 Å². The smallest absolute Gasteiger partial charge is 0.319 e. The molecule has 6 N–H and O–H groups in total. The Kier molecular flexibility index (Phi) is 6.15. The Morgan fingerprint density at radius 3 is 2.48 bits per heavy atom. The van der Waals surface area contributed by atoms with E-state index in [0.29, 0.717) is 22.6 Å². The minimum atomic E-state index is -0.500. The number of hydrogen-bond donors (Lipinski definition) is 5. The molecule has 3 rings (SSSR count). The van der Waals surface area contributed by atoms with Crippen molar-refractivity contribution in [2.24, 2.45) is 5.73 Å². The van der Waals surface area contributed by atoms with E-state index in [0.717, 1.165) is 5.56 Å². The van der Waals surface area contributed by atoms with Crippen molar-refractivity contribution in [1.82, 2.24) is 20.5 Å². The molecule has 0 saturated carbocycles. The first-order chi connectivity index (χ1) is 14.0. The molecular formula is C19H19N7O3. The molecule has 0 aliphatic heterocycles. The summed E-state index contributed by atoms with van der Waals surface area (Å²) in [6.45, 7) is 0.135. The average Bonchev–Trinajstić information content (AvgIpc) is 3.19. The topological polar surface area (TPSA) is 155 Å². The van der Waals surface area contributed by atoms with Crippen LogP contribution in [0.15, 0.2) is 55.0 Å². The zero-order chi connectivity index (χ0) is 20.6. The Morgan fingerprint density at radius 1 is 1.03 bits per heavy atom. The van der Waals surface area contributed by atoms with E-state index in [2.05, 4.69) is 31.1 Å². The summed E-state index contributed by atoms with van der Waals surface area (Å²) in [5.74, 6) is -0.853. The number of aromatic nitrogens is 3. The van der Waals surface area contributed by atoms with E-state index in [-0.39, 0.29) is 18.9 Å². The first-order valence-electron chi connectivity index (χ1n) is 8.71. The molecule has 10 nitrogen and oxygen atoms in total. The van der Waals surface area contributed by atoms with Crippen molar-refractivity contribution in [1.29, 1.82) is 0 Å². The molecular weight excluding hydrogens is 374 g/mol. The Morgan fingerprint density at radius 2 is 1.76 bits per heavy atom. The number of aromatic amines is 1. The Labute approximate surface area is 165 Å². The van der Waals surface area contributed by atoms with Gasteiger partial charge in [-0.25, -0.2) is 4.79 Å². The van der Waals surface area contributed by atoms with Gasteiger partial charge in [-0.2, -0.15) is 5.10 Å². The summed E-state index contributed by atoms with van der Waals surface area (Å²) in [6, 6.07) is 9.72. The van der Waals surface area contributed by atoms with Crippen molar-refractivity contribution in [3.63, 3.8) is 0 Å². The highest BCUT2D eigenvalue weighted by Gasteiger charge is 2.15. The van der Waals surface area contributed by atoms with Crippen molar-refractivity contribution in [2.75, 3.05) is 17.2 Å². The van der Waals surface area contributed by atoms with Crippen LogP contribution in [-0.4, -0.2) is 39.6 Å². The predicted molar refractivity (Wildman–Crippen MR) is 107 cm³/mol. The molecule has 0 saturated heterocycles. The number of hydrogen-bond acceptors (Lipinski definition) is 5. The van der Waals surface area contributed by atoms with Gasteiger partial charge in [-0.05, 0) is 30.3 Å². The van der Waals surface area contributed by atoms with Crippen molar-refractivity contribution >= 4 is 29.2 Å². The van der Waals surface area contributed by atoms with Gasteiger partial charge in [-0.3, -0.25) is 19.7 Å². The summed E-state index contributed by atoms with van der Waals surface area (Å²) >= 11 is 0. The normalized spacial score (nSPS) is 10.2. The molecule has 2 aromatic heterocycles. The molecule has 0 aliphatic rings. The van der Waals surface area contributed by atoms with E-state index < -0.39 is 11.9 Å². The number of pyridine rings is 1. The maximum atomic E-state index is 12.7. The lowest BCUT2D eigenvalue weighted by molar-refractivity contribution is -0.117. The van der Waals surface area contributed by atoms with E-state index in [1.54, 1.807) is 48.8 Å². The van der Waals surface area contributed by atoms with Gasteiger partial charge in [-0.1, -0.05) is 6.07 Å². The SMILES string of the molecule is NC(=O)CCNC(=O)Nc1cccc(NC(=O)c2cn[nH]c2-c2ccncc2)c1. The quantitative estimate of drug-likeness (QED) is 0.413. The van der Waals surface area contributed by atoms with E-state index in [9.17, 15) is 14.4 Å². The fraction of sp³-hybridized carbons (Fsp3) is 0.105. The lowest BCUT2D eigenvalue weighted by atomic mass is 10.1. The predicted octanol–water partition coefficient (Wildman–Crippen LogP) is 1.72. The van der Waals surface area contributed by atoms with Crippen LogP contribution in [0.5, 0.6) is 0 Å². The van der Waals surface area contributed by atoms with E-state index in [4.69, 9.17) is 5.73 Å². The number of nitrogens with one attached hydrogen (secondary N) is 4. The molecule has 2 heterocycles. The minimum absolute atomic E-state index is 0.0496. The second-order valence-corrected chi connectivity index (χ2v) is 6.03. The molecule has 0 bridgehead atoms. The highest BCUT2D eigenvalue weighted by atomic mass is 16.2. The second kappa shape index (κ2) is 9.13. The number of carbonyl (C=O) groups excluding carboxylic acids is 3. The highest BCUT2D eigenvalue weighted by molar-refractivity contribution is 6.08. The van der Waals surface area contributed by atoms with Gasteiger partial charge in [0.2, 0.25) is 5.91 Å². The number of carbonyl (C=O) groups is 3. The molecule has 1 aromatic carbocycles. The largest absolute Gasteiger partial charge is 0.370 e. The monoisotopic (exact) mass is 393 g/mol. The number of nitrogens with zero attached hydrogens (tertiary/aromatic N) is 2. The van der Waals surface area contributed by atoms with Crippen LogP contribution in [0.4, 0.5) is 16.2 Å². The van der Waals surface area contributed by atoms with E-state index >= 15 is 0 Å². The number of urea groups is 1. The first kappa shape index (κ1) is 19.5. The average molecular weight is 393 g/mol. The van der Waals surface area contributed by atoms with E-state index in [1.807, 2.05) is 0 Å². The molecule has 0 aliphatic carbocycles. The van der Waals surface area contributed by atoms with Crippen molar-refractivity contribution < 1.29 is 14.4 Å². The molecule has 10 heteroatoms. The Bertz CT molecular complexity index is 1020. The molecule has 3 aromatic rings. The summed E-state index contributed by atoms with van der Waals surface area (Å²) in [6.07, 6.45) is 4.75. The van der Waals surface area contributed by atoms with E-state index in [1.165, 1.54) is 6.20 Å². The van der Waals surface area contributed by atoms with Gasteiger partial charge in [0.25, 0.3) is 5.91 Å². The molecule has 0 fully saturated rings. The van der Waals surface area contributed by atoms with Crippen LogP contribution in [0.1, 0.15) is 16.8 Å². The van der Waals surface area contributed by atoms with Crippen LogP contribution in [0.2, 0.25) is 0 Å². The number of H-pyrrole nitrogens is 1. The molecule has 0 spiro atoms. The van der Waals surface area contributed by atoms with Gasteiger partial charge in [0.1, 0.15) is 0 Å². The zero-order valence-corrected chi connectivity index (χ0v) is 15.3. The summed E-state index contributed by atoms with van der Waals surface area (Å²) < 4.78 is 0. The maximum absolute atomic E-state index is 12.7. The molecule has 29 heavy (non-hydrogen) atoms. The van der Waals surface area contributed by atoms with Gasteiger partial charge in [-0.15, -0.1) is 0 Å². The Balaban J connectivity index is 1.65. The summed E-state index contributed by atoms with van der Waals surface area (Å²) in [5, 5.41) is 14.7. The van der Waals surface area contributed by atoms with Crippen LogP contribution in [0, 0.1) is 0 Å². The maximum Gasteiger partial charge on any atom is 0.319 e. The molecule has 148 valence electrons. The number of nitrogens with two attached hydrogens (primary N) is 1.